The number of ether oxygens (including phenoxy) is 1. The normalized spacial score (nSPS) is 15.3. The van der Waals surface area contributed by atoms with Crippen molar-refractivity contribution in [2.24, 2.45) is 0 Å². The van der Waals surface area contributed by atoms with Gasteiger partial charge in [0.15, 0.2) is 5.69 Å². The highest BCUT2D eigenvalue weighted by atomic mass is 16.5. The van der Waals surface area contributed by atoms with Gasteiger partial charge in [0.1, 0.15) is 0 Å². The highest BCUT2D eigenvalue weighted by molar-refractivity contribution is 5.91. The molecule has 7 nitrogen and oxygen atoms in total. The van der Waals surface area contributed by atoms with Crippen LogP contribution in [0, 0.1) is 0 Å². The standard InChI is InChI=1S/C17H23N5O2/c23-17(19-10-11-24-13-14-4-2-1-3-5-14)16-12-22(21-20-16)15-6-8-18-9-7-15/h1-5,12,15,18H,6-11,13H2,(H,19,23). The van der Waals surface area contributed by atoms with Gasteiger partial charge in [-0.1, -0.05) is 35.5 Å². The Kier molecular flexibility index (Phi) is 5.92. The molecule has 128 valence electrons. The van der Waals surface area contributed by atoms with E-state index < -0.39 is 0 Å². The second-order valence-corrected chi connectivity index (χ2v) is 5.86. The van der Waals surface area contributed by atoms with Crippen LogP contribution >= 0.6 is 0 Å². The molecule has 24 heavy (non-hydrogen) atoms. The fourth-order valence-corrected chi connectivity index (χ4v) is 2.72. The first-order chi connectivity index (χ1) is 11.8. The van der Waals surface area contributed by atoms with E-state index in [2.05, 4.69) is 20.9 Å². The summed E-state index contributed by atoms with van der Waals surface area (Å²) in [5.41, 5.74) is 1.48. The van der Waals surface area contributed by atoms with Crippen molar-refractivity contribution in [2.75, 3.05) is 26.2 Å². The summed E-state index contributed by atoms with van der Waals surface area (Å²) >= 11 is 0. The van der Waals surface area contributed by atoms with E-state index in [-0.39, 0.29) is 5.91 Å². The van der Waals surface area contributed by atoms with Crippen molar-refractivity contribution < 1.29 is 9.53 Å². The Balaban J connectivity index is 1.38. The maximum atomic E-state index is 12.1. The van der Waals surface area contributed by atoms with Gasteiger partial charge < -0.3 is 15.4 Å². The Labute approximate surface area is 141 Å². The summed E-state index contributed by atoms with van der Waals surface area (Å²) in [6.07, 6.45) is 3.76. The number of benzene rings is 1. The number of carbonyl (C=O) groups is 1. The summed E-state index contributed by atoms with van der Waals surface area (Å²) in [6.45, 7) is 3.41. The van der Waals surface area contributed by atoms with Crippen LogP contribution in [0.1, 0.15) is 34.9 Å². The first kappa shape index (κ1) is 16.6. The lowest BCUT2D eigenvalue weighted by atomic mass is 10.1. The van der Waals surface area contributed by atoms with E-state index in [0.29, 0.717) is 31.5 Å². The lowest BCUT2D eigenvalue weighted by Crippen LogP contribution is -2.29. The van der Waals surface area contributed by atoms with Crippen molar-refractivity contribution >= 4 is 5.91 Å². The van der Waals surface area contributed by atoms with Gasteiger partial charge in [0.05, 0.1) is 25.5 Å². The van der Waals surface area contributed by atoms with Gasteiger partial charge in [-0.25, -0.2) is 4.68 Å². The van der Waals surface area contributed by atoms with Crippen molar-refractivity contribution in [1.29, 1.82) is 0 Å². The van der Waals surface area contributed by atoms with Gasteiger partial charge in [0, 0.05) is 6.54 Å². The van der Waals surface area contributed by atoms with Gasteiger partial charge in [0.2, 0.25) is 0 Å². The summed E-state index contributed by atoms with van der Waals surface area (Å²) in [7, 11) is 0. The predicted octanol–water partition coefficient (Wildman–Crippen LogP) is 1.15. The third kappa shape index (κ3) is 4.62. The molecule has 0 bridgehead atoms. The summed E-state index contributed by atoms with van der Waals surface area (Å²) < 4.78 is 7.35. The van der Waals surface area contributed by atoms with Gasteiger partial charge in [-0.15, -0.1) is 5.10 Å². The summed E-state index contributed by atoms with van der Waals surface area (Å²) in [4.78, 5) is 12.1. The van der Waals surface area contributed by atoms with Crippen LogP contribution in [0.5, 0.6) is 0 Å². The molecule has 0 atom stereocenters. The smallest absolute Gasteiger partial charge is 0.273 e. The third-order valence-electron chi connectivity index (χ3n) is 4.07. The predicted molar refractivity (Wildman–Crippen MR) is 89.6 cm³/mol. The molecule has 3 rings (SSSR count). The zero-order valence-electron chi connectivity index (χ0n) is 13.6. The van der Waals surface area contributed by atoms with Crippen molar-refractivity contribution in [1.82, 2.24) is 25.6 Å². The maximum Gasteiger partial charge on any atom is 0.273 e. The quantitative estimate of drug-likeness (QED) is 0.745. The molecule has 1 aliphatic rings. The van der Waals surface area contributed by atoms with Crippen molar-refractivity contribution in [2.45, 2.75) is 25.5 Å². The number of nitrogens with one attached hydrogen (secondary N) is 2. The van der Waals surface area contributed by atoms with E-state index in [1.807, 2.05) is 35.0 Å². The molecular formula is C17H23N5O2. The van der Waals surface area contributed by atoms with Gasteiger partial charge in [0.25, 0.3) is 5.91 Å². The number of piperidine rings is 1. The van der Waals surface area contributed by atoms with E-state index in [9.17, 15) is 4.79 Å². The lowest BCUT2D eigenvalue weighted by Gasteiger charge is -2.22. The van der Waals surface area contributed by atoms with Crippen LogP contribution in [-0.4, -0.2) is 47.1 Å². The lowest BCUT2D eigenvalue weighted by molar-refractivity contribution is 0.0896. The van der Waals surface area contributed by atoms with E-state index >= 15 is 0 Å². The number of hydrogen-bond donors (Lipinski definition) is 2. The molecule has 1 aromatic carbocycles. The van der Waals surface area contributed by atoms with Gasteiger partial charge >= 0.3 is 0 Å². The molecule has 1 aliphatic heterocycles. The molecule has 1 aromatic heterocycles. The van der Waals surface area contributed by atoms with Crippen LogP contribution in [0.4, 0.5) is 0 Å². The average Bonchev–Trinajstić information content (AvgIpc) is 3.13. The van der Waals surface area contributed by atoms with Crippen LogP contribution in [0.2, 0.25) is 0 Å². The largest absolute Gasteiger partial charge is 0.375 e. The minimum absolute atomic E-state index is 0.210. The highest BCUT2D eigenvalue weighted by Crippen LogP contribution is 2.16. The minimum Gasteiger partial charge on any atom is -0.375 e. The molecule has 2 aromatic rings. The number of nitrogens with zero attached hydrogens (tertiary/aromatic N) is 3. The molecule has 1 saturated heterocycles. The topological polar surface area (TPSA) is 81.1 Å². The Bertz CT molecular complexity index is 637. The summed E-state index contributed by atoms with van der Waals surface area (Å²) in [5.74, 6) is -0.210. The van der Waals surface area contributed by atoms with Crippen LogP contribution in [0.15, 0.2) is 36.5 Å². The third-order valence-corrected chi connectivity index (χ3v) is 4.07. The van der Waals surface area contributed by atoms with Crippen molar-refractivity contribution in [3.05, 3.63) is 47.8 Å². The molecule has 7 heteroatoms. The SMILES string of the molecule is O=C(NCCOCc1ccccc1)c1cn(C2CCNCC2)nn1. The monoisotopic (exact) mass is 329 g/mol. The fourth-order valence-electron chi connectivity index (χ4n) is 2.72. The average molecular weight is 329 g/mol. The molecule has 2 N–H and O–H groups in total. The van der Waals surface area contributed by atoms with Crippen molar-refractivity contribution in [3.63, 3.8) is 0 Å². The highest BCUT2D eigenvalue weighted by Gasteiger charge is 2.18. The Morgan fingerprint density at radius 1 is 1.29 bits per heavy atom. The molecule has 0 radical (unpaired) electrons. The van der Waals surface area contributed by atoms with E-state index in [4.69, 9.17) is 4.74 Å². The van der Waals surface area contributed by atoms with E-state index in [1.165, 1.54) is 0 Å². The van der Waals surface area contributed by atoms with Crippen molar-refractivity contribution in [3.8, 4) is 0 Å². The molecule has 2 heterocycles. The Hall–Kier alpha value is -2.25. The Morgan fingerprint density at radius 3 is 2.88 bits per heavy atom. The zero-order valence-corrected chi connectivity index (χ0v) is 13.6. The van der Waals surface area contributed by atoms with E-state index in [0.717, 1.165) is 31.5 Å². The number of aromatic nitrogens is 3. The van der Waals surface area contributed by atoms with Crippen LogP contribution < -0.4 is 10.6 Å². The van der Waals surface area contributed by atoms with Crippen LogP contribution in [0.3, 0.4) is 0 Å². The minimum atomic E-state index is -0.210. The van der Waals surface area contributed by atoms with Gasteiger partial charge in [-0.2, -0.15) is 0 Å². The molecule has 1 amide bonds. The van der Waals surface area contributed by atoms with Gasteiger partial charge in [-0.3, -0.25) is 4.79 Å². The molecule has 1 fully saturated rings. The number of amides is 1. The first-order valence-electron chi connectivity index (χ1n) is 8.35. The first-order valence-corrected chi connectivity index (χ1v) is 8.35. The van der Waals surface area contributed by atoms with Crippen LogP contribution in [0.25, 0.3) is 0 Å². The molecule has 0 spiro atoms. The van der Waals surface area contributed by atoms with Gasteiger partial charge in [-0.05, 0) is 31.5 Å². The molecule has 0 unspecified atom stereocenters. The maximum absolute atomic E-state index is 12.1. The zero-order chi connectivity index (χ0) is 16.6. The number of carbonyl (C=O) groups excluding carboxylic acids is 1. The Morgan fingerprint density at radius 2 is 2.08 bits per heavy atom. The summed E-state index contributed by atoms with van der Waals surface area (Å²) in [5, 5.41) is 14.2. The number of hydrogen-bond acceptors (Lipinski definition) is 5. The molecular weight excluding hydrogens is 306 g/mol. The second-order valence-electron chi connectivity index (χ2n) is 5.86. The second kappa shape index (κ2) is 8.56. The molecule has 0 aliphatic carbocycles. The van der Waals surface area contributed by atoms with Crippen LogP contribution in [-0.2, 0) is 11.3 Å². The van der Waals surface area contributed by atoms with E-state index in [1.54, 1.807) is 6.20 Å². The molecule has 0 saturated carbocycles. The summed E-state index contributed by atoms with van der Waals surface area (Å²) in [6, 6.07) is 10.3. The number of rotatable bonds is 7. The fraction of sp³-hybridized carbons (Fsp3) is 0.471.